The average molecular weight is 341 g/mol. The van der Waals surface area contributed by atoms with Gasteiger partial charge >= 0.3 is 6.09 Å². The van der Waals surface area contributed by atoms with Gasteiger partial charge in [0.2, 0.25) is 0 Å². The van der Waals surface area contributed by atoms with Crippen LogP contribution in [0.15, 0.2) is 60.7 Å². The van der Waals surface area contributed by atoms with Crippen molar-refractivity contribution >= 4 is 6.09 Å². The molecule has 25 heavy (non-hydrogen) atoms. The average Bonchev–Trinajstić information content (AvgIpc) is 3.45. The lowest BCUT2D eigenvalue weighted by atomic mass is 9.98. The molecule has 2 N–H and O–H groups in total. The summed E-state index contributed by atoms with van der Waals surface area (Å²) < 4.78 is 10.5. The van der Waals surface area contributed by atoms with Gasteiger partial charge in [-0.3, -0.25) is 0 Å². The van der Waals surface area contributed by atoms with Crippen LogP contribution in [0.2, 0.25) is 0 Å². The maximum absolute atomic E-state index is 12.1. The Labute approximate surface area is 147 Å². The predicted molar refractivity (Wildman–Crippen MR) is 94.1 cm³/mol. The van der Waals surface area contributed by atoms with Crippen molar-refractivity contribution in [3.05, 3.63) is 71.8 Å². The highest BCUT2D eigenvalue weighted by Crippen LogP contribution is 2.19. The molecule has 1 aliphatic rings. The molecule has 1 fully saturated rings. The van der Waals surface area contributed by atoms with Gasteiger partial charge in [0.05, 0.1) is 24.9 Å². The first-order chi connectivity index (χ1) is 12.2. The molecule has 2 aromatic rings. The van der Waals surface area contributed by atoms with Gasteiger partial charge in [0.1, 0.15) is 6.61 Å². The summed E-state index contributed by atoms with van der Waals surface area (Å²) in [6, 6.07) is 18.9. The number of aliphatic hydroxyl groups is 1. The number of carbonyl (C=O) groups excluding carboxylic acids is 1. The topological polar surface area (TPSA) is 71.1 Å². The third kappa shape index (κ3) is 5.89. The van der Waals surface area contributed by atoms with Crippen molar-refractivity contribution in [1.29, 1.82) is 0 Å². The van der Waals surface area contributed by atoms with Crippen molar-refractivity contribution < 1.29 is 19.4 Å². The molecule has 0 aromatic heterocycles. The molecule has 0 saturated carbocycles. The monoisotopic (exact) mass is 341 g/mol. The largest absolute Gasteiger partial charge is 0.445 e. The first kappa shape index (κ1) is 17.5. The molecule has 0 radical (unpaired) electrons. The highest BCUT2D eigenvalue weighted by molar-refractivity contribution is 5.67. The van der Waals surface area contributed by atoms with Gasteiger partial charge in [0.15, 0.2) is 0 Å². The summed E-state index contributed by atoms with van der Waals surface area (Å²) in [5.41, 5.74) is 1.97. The van der Waals surface area contributed by atoms with Crippen LogP contribution in [-0.4, -0.2) is 36.1 Å². The summed E-state index contributed by atoms with van der Waals surface area (Å²) in [6.45, 7) is 0.875. The van der Waals surface area contributed by atoms with Crippen molar-refractivity contribution in [2.45, 2.75) is 37.7 Å². The molecule has 1 aliphatic heterocycles. The Morgan fingerprint density at radius 3 is 2.32 bits per heavy atom. The smallest absolute Gasteiger partial charge is 0.407 e. The quantitative estimate of drug-likeness (QED) is 0.724. The van der Waals surface area contributed by atoms with Crippen LogP contribution in [0.1, 0.15) is 17.5 Å². The molecule has 1 heterocycles. The number of aliphatic hydroxyl groups excluding tert-OH is 1. The second kappa shape index (κ2) is 8.65. The summed E-state index contributed by atoms with van der Waals surface area (Å²) in [7, 11) is 0. The molecular weight excluding hydrogens is 318 g/mol. The van der Waals surface area contributed by atoms with Crippen molar-refractivity contribution in [2.75, 3.05) is 6.61 Å². The molecule has 132 valence electrons. The summed E-state index contributed by atoms with van der Waals surface area (Å²) in [5, 5.41) is 13.3. The first-order valence-corrected chi connectivity index (χ1v) is 8.51. The van der Waals surface area contributed by atoms with Crippen LogP contribution in [0.25, 0.3) is 0 Å². The highest BCUT2D eigenvalue weighted by Gasteiger charge is 2.31. The van der Waals surface area contributed by atoms with Gasteiger partial charge in [-0.05, 0) is 17.5 Å². The zero-order valence-electron chi connectivity index (χ0n) is 14.0. The number of nitrogens with one attached hydrogen (secondary N) is 1. The van der Waals surface area contributed by atoms with Gasteiger partial charge in [-0.2, -0.15) is 0 Å². The lowest BCUT2D eigenvalue weighted by Crippen LogP contribution is -2.45. The fourth-order valence-electron chi connectivity index (χ4n) is 2.71. The van der Waals surface area contributed by atoms with Crippen LogP contribution >= 0.6 is 0 Å². The van der Waals surface area contributed by atoms with E-state index in [1.54, 1.807) is 0 Å². The maximum Gasteiger partial charge on any atom is 0.407 e. The lowest BCUT2D eigenvalue weighted by Gasteiger charge is -2.23. The van der Waals surface area contributed by atoms with Crippen molar-refractivity contribution in [1.82, 2.24) is 5.32 Å². The van der Waals surface area contributed by atoms with E-state index >= 15 is 0 Å². The number of alkyl carbamates (subject to hydrolysis) is 1. The minimum atomic E-state index is -0.683. The van der Waals surface area contributed by atoms with Crippen LogP contribution < -0.4 is 5.32 Å². The van der Waals surface area contributed by atoms with E-state index in [2.05, 4.69) is 5.32 Å². The van der Waals surface area contributed by atoms with E-state index in [0.717, 1.165) is 11.1 Å². The summed E-state index contributed by atoms with van der Waals surface area (Å²) in [5.74, 6) is 0. The van der Waals surface area contributed by atoms with Gasteiger partial charge in [0, 0.05) is 6.42 Å². The minimum absolute atomic E-state index is 0.0930. The highest BCUT2D eigenvalue weighted by atomic mass is 16.6. The maximum atomic E-state index is 12.1. The molecule has 0 bridgehead atoms. The molecule has 1 saturated heterocycles. The van der Waals surface area contributed by atoms with Gasteiger partial charge < -0.3 is 19.9 Å². The zero-order valence-corrected chi connectivity index (χ0v) is 14.0. The van der Waals surface area contributed by atoms with E-state index in [1.165, 1.54) is 0 Å². The van der Waals surface area contributed by atoms with Crippen molar-refractivity contribution in [2.24, 2.45) is 0 Å². The normalized spacial score (nSPS) is 18.2. The van der Waals surface area contributed by atoms with Gasteiger partial charge in [0.25, 0.3) is 0 Å². The third-order valence-electron chi connectivity index (χ3n) is 4.19. The molecule has 0 unspecified atom stereocenters. The second-order valence-electron chi connectivity index (χ2n) is 6.26. The molecular formula is C20H23NO4. The van der Waals surface area contributed by atoms with Crippen LogP contribution in [0.5, 0.6) is 0 Å². The van der Waals surface area contributed by atoms with Crippen LogP contribution in [0.3, 0.4) is 0 Å². The standard InChI is InChI=1S/C20H23NO4/c22-19(12-17-14-24-17)18(11-15-7-3-1-4-8-15)21-20(23)25-13-16-9-5-2-6-10-16/h1-10,17-19,22H,11-14H2,(H,21,23)/t17-,18+,19+/m1/s1. The number of carbonyl (C=O) groups is 1. The fraction of sp³-hybridized carbons (Fsp3) is 0.350. The Morgan fingerprint density at radius 2 is 1.72 bits per heavy atom. The third-order valence-corrected chi connectivity index (χ3v) is 4.19. The van der Waals surface area contributed by atoms with E-state index < -0.39 is 18.2 Å². The molecule has 3 atom stereocenters. The summed E-state index contributed by atoms with van der Waals surface area (Å²) in [6.07, 6.45) is -0.0704. The molecule has 0 spiro atoms. The number of epoxide rings is 1. The van der Waals surface area contributed by atoms with E-state index in [0.29, 0.717) is 19.4 Å². The Balaban J connectivity index is 1.56. The Morgan fingerprint density at radius 1 is 1.12 bits per heavy atom. The van der Waals surface area contributed by atoms with E-state index in [-0.39, 0.29) is 12.7 Å². The first-order valence-electron chi connectivity index (χ1n) is 8.51. The Hall–Kier alpha value is -2.37. The minimum Gasteiger partial charge on any atom is -0.445 e. The molecule has 5 heteroatoms. The lowest BCUT2D eigenvalue weighted by molar-refractivity contribution is 0.0911. The Bertz CT molecular complexity index is 658. The number of benzene rings is 2. The fourth-order valence-corrected chi connectivity index (χ4v) is 2.71. The Kier molecular flexibility index (Phi) is 6.04. The van der Waals surface area contributed by atoms with E-state index in [4.69, 9.17) is 9.47 Å². The van der Waals surface area contributed by atoms with E-state index in [9.17, 15) is 9.90 Å². The number of hydrogen-bond acceptors (Lipinski definition) is 4. The summed E-state index contributed by atoms with van der Waals surface area (Å²) >= 11 is 0. The molecule has 2 aromatic carbocycles. The number of ether oxygens (including phenoxy) is 2. The van der Waals surface area contributed by atoms with Crippen molar-refractivity contribution in [3.63, 3.8) is 0 Å². The van der Waals surface area contributed by atoms with Crippen molar-refractivity contribution in [3.8, 4) is 0 Å². The van der Waals surface area contributed by atoms with Crippen LogP contribution in [0, 0.1) is 0 Å². The number of amides is 1. The molecule has 0 aliphatic carbocycles. The molecule has 5 nitrogen and oxygen atoms in total. The molecule has 1 amide bonds. The zero-order chi connectivity index (χ0) is 17.5. The van der Waals surface area contributed by atoms with E-state index in [1.807, 2.05) is 60.7 Å². The predicted octanol–water partition coefficient (Wildman–Crippen LogP) is 2.67. The number of rotatable bonds is 8. The molecule has 3 rings (SSSR count). The summed E-state index contributed by atoms with van der Waals surface area (Å²) in [4.78, 5) is 12.1. The van der Waals surface area contributed by atoms with Gasteiger partial charge in [-0.25, -0.2) is 4.79 Å². The second-order valence-corrected chi connectivity index (χ2v) is 6.26. The van der Waals surface area contributed by atoms with Gasteiger partial charge in [-0.1, -0.05) is 60.7 Å². The van der Waals surface area contributed by atoms with Crippen LogP contribution in [-0.2, 0) is 22.5 Å². The van der Waals surface area contributed by atoms with Gasteiger partial charge in [-0.15, -0.1) is 0 Å². The van der Waals surface area contributed by atoms with Crippen LogP contribution in [0.4, 0.5) is 4.79 Å². The number of hydrogen-bond donors (Lipinski definition) is 2. The SMILES string of the molecule is O=C(N[C@@H](Cc1ccccc1)[C@@H](O)C[C@@H]1CO1)OCc1ccccc1.